The predicted molar refractivity (Wildman–Crippen MR) is 531 cm³/mol. The highest BCUT2D eigenvalue weighted by atomic mass is 33.1. The Hall–Kier alpha value is -13.8. The topological polar surface area (TPSA) is 787 Å². The molecular weight excluding hydrogens is 1880 g/mol. The Morgan fingerprint density at radius 2 is 0.901 bits per heavy atom. The number of carboxylic acid groups (broad SMARTS) is 1. The Balaban J connectivity index is 1.57. The van der Waals surface area contributed by atoms with Crippen molar-refractivity contribution in [3.8, 4) is 16.9 Å². The zero-order chi connectivity index (χ0) is 105. The van der Waals surface area contributed by atoms with Gasteiger partial charge in [0.2, 0.25) is 94.5 Å². The van der Waals surface area contributed by atoms with Crippen molar-refractivity contribution in [3.63, 3.8) is 0 Å². The molecular formula is C92H142N28O20S2. The average molecular weight is 2020 g/mol. The first-order valence-electron chi connectivity index (χ1n) is 47.6. The molecule has 48 nitrogen and oxygen atoms in total. The minimum absolute atomic E-state index is 0.00247. The van der Waals surface area contributed by atoms with Crippen molar-refractivity contribution in [2.45, 2.75) is 267 Å². The summed E-state index contributed by atoms with van der Waals surface area (Å²) in [6.45, 7) is 8.33. The monoisotopic (exact) mass is 2020 g/mol. The largest absolute Gasteiger partial charge is 0.508 e. The van der Waals surface area contributed by atoms with Crippen LogP contribution in [0.1, 0.15) is 175 Å². The molecule has 3 aromatic rings. The van der Waals surface area contributed by atoms with E-state index in [0.717, 1.165) is 44.5 Å². The third-order valence-corrected chi connectivity index (χ3v) is 26.3. The van der Waals surface area contributed by atoms with E-state index in [4.69, 9.17) is 50.3 Å². The van der Waals surface area contributed by atoms with Crippen molar-refractivity contribution in [2.75, 3.05) is 57.4 Å². The van der Waals surface area contributed by atoms with Gasteiger partial charge in [0.1, 0.15) is 96.4 Å². The van der Waals surface area contributed by atoms with Gasteiger partial charge in [-0.25, -0.2) is 0 Å². The summed E-state index contributed by atoms with van der Waals surface area (Å²) in [6, 6.07) is -2.65. The van der Waals surface area contributed by atoms with Gasteiger partial charge in [-0.15, -0.1) is 0 Å². The van der Waals surface area contributed by atoms with Gasteiger partial charge in [-0.3, -0.25) is 103 Å². The molecule has 0 aromatic heterocycles. The summed E-state index contributed by atoms with van der Waals surface area (Å²) in [5, 5.41) is 107. The molecule has 16 amide bonds. The molecule has 3 aliphatic rings. The maximum atomic E-state index is 16.0. The number of phenolic OH excluding ortho intramolecular Hbond substituents is 1. The number of phenols is 1. The van der Waals surface area contributed by atoms with Crippen LogP contribution >= 0.6 is 21.6 Å². The SMILES string of the molecule is CCCCC[C@@H]1NC(=O)[C@@H]2CCCN2C(=O)[C@H](CC(=O)O)NC(=O)[C@H](Cc2ccc(O)cc2)NC(=O)[C@H](CO)NC(=O)[C@H]([C@@H](C)CC)NC(=O)[C@H](Cc2ccc(-c3ccccc3)cc2)NC(=O)[C@H](CC(C)C)NC(=O)[C@@H]2CCCN2C(=O)[C@@H](NC(=O)[C@H](CCCNC(=N)N)NC(=O)[C@H](CCCNC(=N)N)NC(C)=O)CSSC[C@@H](C(=O)N[C@@H](CCCNC(=N)N)C(=O)N[C@@H](CCCNC(=N)N)C(N)=O)NC1=O. The molecule has 0 aliphatic carbocycles. The highest BCUT2D eigenvalue weighted by molar-refractivity contribution is 8.76. The second-order valence-corrected chi connectivity index (χ2v) is 38.2. The molecule has 3 aromatic carbocycles. The van der Waals surface area contributed by atoms with Gasteiger partial charge in [0.25, 0.3) is 0 Å². The Morgan fingerprint density at radius 3 is 1.39 bits per heavy atom. The van der Waals surface area contributed by atoms with E-state index in [9.17, 15) is 53.7 Å². The van der Waals surface area contributed by atoms with Crippen LogP contribution < -0.4 is 119 Å². The van der Waals surface area contributed by atoms with Crippen LogP contribution in [0.4, 0.5) is 0 Å². The number of hydrogen-bond acceptors (Lipinski definition) is 25. The maximum Gasteiger partial charge on any atom is 0.305 e. The molecule has 50 heteroatoms. The molecule has 3 aliphatic heterocycles. The number of unbranched alkanes of at least 4 members (excludes halogenated alkanes) is 2. The number of carbonyl (C=O) groups excluding carboxylic acids is 16. The quantitative estimate of drug-likeness (QED) is 0.0112. The number of amides is 16. The van der Waals surface area contributed by atoms with E-state index in [2.05, 4.69) is 90.4 Å². The summed E-state index contributed by atoms with van der Waals surface area (Å²) in [4.78, 5) is 253. The molecule has 3 heterocycles. The van der Waals surface area contributed by atoms with Crippen LogP contribution in [0.3, 0.4) is 0 Å². The number of rotatable bonds is 42. The fraction of sp³-hybridized carbons (Fsp3) is 0.576. The number of carboxylic acids is 1. The number of aromatic hydroxyl groups is 1. The van der Waals surface area contributed by atoms with E-state index < -0.39 is 240 Å². The van der Waals surface area contributed by atoms with Crippen LogP contribution in [0, 0.1) is 33.5 Å². The lowest BCUT2D eigenvalue weighted by Crippen LogP contribution is -2.62. The number of carbonyl (C=O) groups is 17. The van der Waals surface area contributed by atoms with Gasteiger partial charge in [-0.1, -0.05) is 149 Å². The summed E-state index contributed by atoms with van der Waals surface area (Å²) in [6.07, 6.45) is -0.875. The van der Waals surface area contributed by atoms with Crippen molar-refractivity contribution in [3.05, 3.63) is 90.0 Å². The molecule has 0 bridgehead atoms. The third-order valence-electron chi connectivity index (χ3n) is 23.9. The van der Waals surface area contributed by atoms with Crippen LogP contribution in [0.5, 0.6) is 5.75 Å². The Bertz CT molecular complexity index is 4840. The zero-order valence-electron chi connectivity index (χ0n) is 80.9. The number of hydrogen-bond donors (Lipinski definition) is 29. The Morgan fingerprint density at radius 1 is 0.472 bits per heavy atom. The first-order chi connectivity index (χ1) is 67.5. The number of benzene rings is 3. The fourth-order valence-electron chi connectivity index (χ4n) is 16.1. The predicted octanol–water partition coefficient (Wildman–Crippen LogP) is -3.78. The standard InChI is InChI=1S/C92H142N28O20S2/c1-7-9-11-22-60-77(129)116-68(83(135)109-61(25-16-39-104-91(98)99)76(128)107-58(74(93)126)23-14-37-102-89(94)95)48-141-142-49-69(117-78(130)62(26-17-40-105-92(100)101)108-75(127)59(106-52(6)122)24-15-38-103-90(96)97)88(140)120-42-19-28-71(120)85(137)113-63(43-50(3)4)79(131)111-65(44-53-29-33-56(34-30-53)55-20-12-10-13-21-55)81(133)118-73(51(5)8-2)86(138)115-67(47-121)82(134)112-64(45-54-31-35-57(123)36-32-54)80(132)114-66(46-72(124)125)87(139)119-41-18-27-70(119)84(136)110-60/h10,12-13,20-21,29-36,50-51,58-71,73,121,123H,7-9,11,14-19,22-28,37-49H2,1-6H3,(H2,93,126)(H,106,122)(H,107,128)(H,108,127)(H,109,135)(H,110,136)(H,111,131)(H,112,134)(H,113,137)(H,114,132)(H,115,138)(H,116,129)(H,117,130)(H,118,133)(H,124,125)(H4,94,95,102)(H4,96,97,103)(H4,98,99,104)(H4,100,101,105)/t51-,58-,59-,60-,61-,62-,63-,64-,65-,66-,67-,68-,69-,70-,71-,73-/m0/s1. The van der Waals surface area contributed by atoms with Gasteiger partial charge >= 0.3 is 5.97 Å². The summed E-state index contributed by atoms with van der Waals surface area (Å²) < 4.78 is 0. The lowest BCUT2D eigenvalue weighted by molar-refractivity contribution is -0.146. The molecule has 3 saturated heterocycles. The van der Waals surface area contributed by atoms with Gasteiger partial charge in [-0.2, -0.15) is 0 Å². The molecule has 6 rings (SSSR count). The number of aliphatic hydroxyl groups is 1. The van der Waals surface area contributed by atoms with Crippen molar-refractivity contribution in [2.24, 2.45) is 40.5 Å². The first kappa shape index (κ1) is 117. The normalized spacial score (nSPS) is 21.8. The molecule has 0 unspecified atom stereocenters. The second-order valence-electron chi connectivity index (χ2n) is 35.6. The van der Waals surface area contributed by atoms with Gasteiger partial charge in [-0.05, 0) is 136 Å². The van der Waals surface area contributed by atoms with Crippen molar-refractivity contribution in [1.82, 2.24) is 100 Å². The van der Waals surface area contributed by atoms with E-state index in [0.29, 0.717) is 18.4 Å². The minimum Gasteiger partial charge on any atom is -0.508 e. The van der Waals surface area contributed by atoms with Crippen LogP contribution in [0.15, 0.2) is 78.9 Å². The Labute approximate surface area is 832 Å². The second kappa shape index (κ2) is 60.4. The average Bonchev–Trinajstić information content (AvgIpc) is 1.64. The van der Waals surface area contributed by atoms with Crippen LogP contribution in [0.2, 0.25) is 0 Å². The van der Waals surface area contributed by atoms with E-state index in [1.807, 2.05) is 37.3 Å². The molecule has 34 N–H and O–H groups in total. The number of fused-ring (bicyclic) bond motifs is 2. The van der Waals surface area contributed by atoms with Gasteiger partial charge in [0.05, 0.1) is 13.0 Å². The number of nitrogens with one attached hydrogen (secondary N) is 21. The highest BCUT2D eigenvalue weighted by Crippen LogP contribution is 2.29. The third kappa shape index (κ3) is 40.1. The van der Waals surface area contributed by atoms with Crippen molar-refractivity contribution < 1.29 is 96.8 Å². The fourth-order valence-corrected chi connectivity index (χ4v) is 18.4. The molecule has 0 spiro atoms. The van der Waals surface area contributed by atoms with E-state index in [1.54, 1.807) is 52.0 Å². The Kier molecular flexibility index (Phi) is 49.7. The maximum absolute atomic E-state index is 16.0. The minimum atomic E-state index is -2.01. The smallest absolute Gasteiger partial charge is 0.305 e. The summed E-state index contributed by atoms with van der Waals surface area (Å²) in [5.74, 6) is -21.5. The van der Waals surface area contributed by atoms with Gasteiger partial charge in [0, 0.05) is 70.5 Å². The highest BCUT2D eigenvalue weighted by Gasteiger charge is 2.45. The van der Waals surface area contributed by atoms with Gasteiger partial charge < -0.3 is 144 Å². The summed E-state index contributed by atoms with van der Waals surface area (Å²) in [7, 11) is 1.64. The van der Waals surface area contributed by atoms with Crippen LogP contribution in [-0.4, -0.2) is 297 Å². The molecule has 782 valence electrons. The van der Waals surface area contributed by atoms with E-state index >= 15 is 43.2 Å². The lowest BCUT2D eigenvalue weighted by Gasteiger charge is -2.31. The van der Waals surface area contributed by atoms with Crippen molar-refractivity contribution in [1.29, 1.82) is 21.6 Å². The van der Waals surface area contributed by atoms with Crippen molar-refractivity contribution >= 4 is 146 Å². The number of guanidine groups is 4. The van der Waals surface area contributed by atoms with Crippen LogP contribution in [-0.2, 0) is 94.3 Å². The van der Waals surface area contributed by atoms with E-state index in [1.165, 1.54) is 29.2 Å². The molecule has 16 atom stereocenters. The molecule has 0 saturated carbocycles. The van der Waals surface area contributed by atoms with E-state index in [-0.39, 0.29) is 178 Å². The molecule has 3 fully saturated rings. The summed E-state index contributed by atoms with van der Waals surface area (Å²) >= 11 is 0. The molecule has 142 heavy (non-hydrogen) atoms. The van der Waals surface area contributed by atoms with Gasteiger partial charge in [0.15, 0.2) is 23.8 Å². The summed E-state index contributed by atoms with van der Waals surface area (Å²) in [5.41, 5.74) is 30.4. The number of aliphatic carboxylic acids is 1. The lowest BCUT2D eigenvalue weighted by atomic mass is 9.96. The number of nitrogens with zero attached hydrogens (tertiary/aromatic N) is 2. The van der Waals surface area contributed by atoms with Crippen LogP contribution in [0.25, 0.3) is 11.1 Å². The first-order valence-corrected chi connectivity index (χ1v) is 50.1. The number of nitrogens with two attached hydrogens (primary N) is 5. The zero-order valence-corrected chi connectivity index (χ0v) is 82.5. The number of aliphatic hydroxyl groups excluding tert-OH is 1. The molecule has 0 radical (unpaired) electrons. The number of primary amides is 1.